The summed E-state index contributed by atoms with van der Waals surface area (Å²) in [5.41, 5.74) is 6.31. The number of aromatic amines is 1. The van der Waals surface area contributed by atoms with Gasteiger partial charge in [0.25, 0.3) is 0 Å². The SMILES string of the molecule is NC(Cc1cnc[nH]1)C(=O)NC(CO)C(=O)NC(CCC(=O)O)C(=O)NC(CO)C(=O)O. The number of aliphatic hydroxyl groups excluding tert-OH is 2. The van der Waals surface area contributed by atoms with Crippen LogP contribution < -0.4 is 21.7 Å². The predicted molar refractivity (Wildman–Crippen MR) is 105 cm³/mol. The van der Waals surface area contributed by atoms with E-state index in [9.17, 15) is 29.1 Å². The standard InChI is InChI=1S/C17H26N6O9/c18-9(3-8-4-19-7-20-8)14(28)22-11(5-24)16(30)21-10(1-2-13(26)27)15(29)23-12(6-25)17(31)32/h4,7,9-12,24-25H,1-3,5-6,18H2,(H,19,20)(H,21,30)(H,22,28)(H,23,29)(H,26,27)(H,31,32). The maximum atomic E-state index is 12.5. The number of aliphatic hydroxyl groups is 2. The fourth-order valence-electron chi connectivity index (χ4n) is 2.47. The van der Waals surface area contributed by atoms with Crippen molar-refractivity contribution in [2.45, 2.75) is 43.4 Å². The first-order valence-corrected chi connectivity index (χ1v) is 9.39. The molecule has 15 heteroatoms. The molecule has 32 heavy (non-hydrogen) atoms. The Morgan fingerprint density at radius 2 is 1.50 bits per heavy atom. The zero-order valence-corrected chi connectivity index (χ0v) is 16.9. The molecule has 178 valence electrons. The zero-order valence-electron chi connectivity index (χ0n) is 16.9. The van der Waals surface area contributed by atoms with Gasteiger partial charge in [-0.05, 0) is 6.42 Å². The summed E-state index contributed by atoms with van der Waals surface area (Å²) in [5, 5.41) is 42.6. The van der Waals surface area contributed by atoms with E-state index in [4.69, 9.17) is 21.1 Å². The highest BCUT2D eigenvalue weighted by Crippen LogP contribution is 2.02. The summed E-state index contributed by atoms with van der Waals surface area (Å²) in [6.07, 6.45) is 1.92. The quantitative estimate of drug-likeness (QED) is 0.129. The van der Waals surface area contributed by atoms with Crippen LogP contribution in [0.1, 0.15) is 18.5 Å². The van der Waals surface area contributed by atoms with Crippen molar-refractivity contribution in [1.82, 2.24) is 25.9 Å². The van der Waals surface area contributed by atoms with Crippen LogP contribution in [-0.4, -0.2) is 97.4 Å². The number of carbonyl (C=O) groups is 5. The van der Waals surface area contributed by atoms with Gasteiger partial charge in [0.05, 0.1) is 25.6 Å². The number of imidazole rings is 1. The van der Waals surface area contributed by atoms with Crippen molar-refractivity contribution in [3.05, 3.63) is 18.2 Å². The van der Waals surface area contributed by atoms with E-state index < -0.39 is 79.9 Å². The number of hydrogen-bond donors (Lipinski definition) is 9. The average Bonchev–Trinajstić information content (AvgIpc) is 3.25. The number of nitrogens with one attached hydrogen (secondary N) is 4. The van der Waals surface area contributed by atoms with Gasteiger partial charge in [0.1, 0.15) is 18.1 Å². The molecule has 1 aromatic heterocycles. The van der Waals surface area contributed by atoms with E-state index in [0.29, 0.717) is 5.69 Å². The Kier molecular flexibility index (Phi) is 10.7. The molecule has 1 aromatic rings. The summed E-state index contributed by atoms with van der Waals surface area (Å²) in [5.74, 6) is -5.72. The molecule has 0 aliphatic rings. The third kappa shape index (κ3) is 8.66. The molecule has 0 radical (unpaired) electrons. The Bertz CT molecular complexity index is 800. The minimum Gasteiger partial charge on any atom is -0.481 e. The van der Waals surface area contributed by atoms with Crippen molar-refractivity contribution in [3.8, 4) is 0 Å². The van der Waals surface area contributed by atoms with E-state index in [0.717, 1.165) is 0 Å². The lowest BCUT2D eigenvalue weighted by atomic mass is 10.1. The van der Waals surface area contributed by atoms with Gasteiger partial charge in [-0.1, -0.05) is 0 Å². The van der Waals surface area contributed by atoms with Gasteiger partial charge in [-0.25, -0.2) is 9.78 Å². The van der Waals surface area contributed by atoms with E-state index >= 15 is 0 Å². The van der Waals surface area contributed by atoms with Gasteiger partial charge in [0, 0.05) is 24.7 Å². The Morgan fingerprint density at radius 3 is 2.00 bits per heavy atom. The highest BCUT2D eigenvalue weighted by atomic mass is 16.4. The van der Waals surface area contributed by atoms with Gasteiger partial charge >= 0.3 is 11.9 Å². The first-order valence-electron chi connectivity index (χ1n) is 9.39. The van der Waals surface area contributed by atoms with Crippen LogP contribution in [0.4, 0.5) is 0 Å². The molecule has 0 aromatic carbocycles. The summed E-state index contributed by atoms with van der Waals surface area (Å²) < 4.78 is 0. The van der Waals surface area contributed by atoms with Gasteiger partial charge in [-0.15, -0.1) is 0 Å². The summed E-state index contributed by atoms with van der Waals surface area (Å²) in [6.45, 7) is -1.81. The molecule has 10 N–H and O–H groups in total. The van der Waals surface area contributed by atoms with Crippen LogP contribution in [0.5, 0.6) is 0 Å². The highest BCUT2D eigenvalue weighted by molar-refractivity contribution is 5.94. The molecule has 0 bridgehead atoms. The number of nitrogens with two attached hydrogens (primary N) is 1. The van der Waals surface area contributed by atoms with Crippen molar-refractivity contribution < 1.29 is 44.4 Å². The maximum absolute atomic E-state index is 12.5. The number of nitrogens with zero attached hydrogens (tertiary/aromatic N) is 1. The summed E-state index contributed by atoms with van der Waals surface area (Å²) in [4.78, 5) is 65.3. The predicted octanol–water partition coefficient (Wildman–Crippen LogP) is -4.33. The largest absolute Gasteiger partial charge is 0.481 e. The monoisotopic (exact) mass is 458 g/mol. The lowest BCUT2D eigenvalue weighted by molar-refractivity contribution is -0.144. The lowest BCUT2D eigenvalue weighted by Crippen LogP contribution is -2.58. The number of amides is 3. The van der Waals surface area contributed by atoms with E-state index in [1.807, 2.05) is 5.32 Å². The van der Waals surface area contributed by atoms with Gasteiger partial charge < -0.3 is 47.1 Å². The second kappa shape index (κ2) is 13.0. The average molecular weight is 458 g/mol. The van der Waals surface area contributed by atoms with E-state index in [2.05, 4.69) is 20.6 Å². The second-order valence-corrected chi connectivity index (χ2v) is 6.71. The van der Waals surface area contributed by atoms with Gasteiger partial charge in [0.15, 0.2) is 0 Å². The van der Waals surface area contributed by atoms with Crippen LogP contribution in [0.15, 0.2) is 12.5 Å². The molecule has 1 heterocycles. The highest BCUT2D eigenvalue weighted by Gasteiger charge is 2.30. The van der Waals surface area contributed by atoms with Crippen LogP contribution in [-0.2, 0) is 30.4 Å². The summed E-state index contributed by atoms with van der Waals surface area (Å²) >= 11 is 0. The van der Waals surface area contributed by atoms with Crippen molar-refractivity contribution in [3.63, 3.8) is 0 Å². The van der Waals surface area contributed by atoms with E-state index in [-0.39, 0.29) is 6.42 Å². The number of carboxylic acids is 2. The number of carbonyl (C=O) groups excluding carboxylic acids is 3. The van der Waals surface area contributed by atoms with Crippen LogP contribution in [0.3, 0.4) is 0 Å². The van der Waals surface area contributed by atoms with Crippen molar-refractivity contribution in [1.29, 1.82) is 0 Å². The molecule has 15 nitrogen and oxygen atoms in total. The molecule has 3 amide bonds. The molecule has 0 saturated carbocycles. The van der Waals surface area contributed by atoms with Gasteiger partial charge in [0.2, 0.25) is 17.7 Å². The zero-order chi connectivity index (χ0) is 24.3. The van der Waals surface area contributed by atoms with Crippen LogP contribution >= 0.6 is 0 Å². The van der Waals surface area contributed by atoms with Crippen molar-refractivity contribution >= 4 is 29.7 Å². The maximum Gasteiger partial charge on any atom is 0.328 e. The number of hydrogen-bond acceptors (Lipinski definition) is 9. The minimum atomic E-state index is -1.68. The normalized spacial score (nSPS) is 14.5. The van der Waals surface area contributed by atoms with E-state index in [1.165, 1.54) is 12.5 Å². The smallest absolute Gasteiger partial charge is 0.328 e. The van der Waals surface area contributed by atoms with E-state index in [1.54, 1.807) is 0 Å². The first-order chi connectivity index (χ1) is 15.1. The van der Waals surface area contributed by atoms with Crippen LogP contribution in [0.2, 0.25) is 0 Å². The molecule has 0 spiro atoms. The number of carboxylic acid groups (broad SMARTS) is 2. The lowest BCUT2D eigenvalue weighted by Gasteiger charge is -2.23. The number of aromatic nitrogens is 2. The first kappa shape index (κ1) is 26.5. The summed E-state index contributed by atoms with van der Waals surface area (Å²) in [6, 6.07) is -5.81. The molecule has 4 unspecified atom stereocenters. The third-order valence-corrected chi connectivity index (χ3v) is 4.22. The fourth-order valence-corrected chi connectivity index (χ4v) is 2.47. The number of H-pyrrole nitrogens is 1. The molecular weight excluding hydrogens is 432 g/mol. The Hall–Kier alpha value is -3.56. The second-order valence-electron chi connectivity index (χ2n) is 6.71. The molecule has 0 aliphatic carbocycles. The van der Waals surface area contributed by atoms with Gasteiger partial charge in [-0.2, -0.15) is 0 Å². The molecule has 0 saturated heterocycles. The number of rotatable bonds is 14. The molecule has 1 rings (SSSR count). The Morgan fingerprint density at radius 1 is 0.938 bits per heavy atom. The molecular formula is C17H26N6O9. The van der Waals surface area contributed by atoms with Gasteiger partial charge in [-0.3, -0.25) is 19.2 Å². The third-order valence-electron chi connectivity index (χ3n) is 4.22. The molecule has 4 atom stereocenters. The van der Waals surface area contributed by atoms with Crippen molar-refractivity contribution in [2.24, 2.45) is 5.73 Å². The van der Waals surface area contributed by atoms with Crippen molar-refractivity contribution in [2.75, 3.05) is 13.2 Å². The minimum absolute atomic E-state index is 0.0625. The van der Waals surface area contributed by atoms with Crippen LogP contribution in [0.25, 0.3) is 0 Å². The van der Waals surface area contributed by atoms with Crippen LogP contribution in [0, 0.1) is 0 Å². The summed E-state index contributed by atoms with van der Waals surface area (Å²) in [7, 11) is 0. The molecule has 0 aliphatic heterocycles. The Labute approximate surface area is 181 Å². The Balaban J connectivity index is 2.80. The molecule has 0 fully saturated rings. The number of aliphatic carboxylic acids is 2. The fraction of sp³-hybridized carbons (Fsp3) is 0.529. The topological polar surface area (TPSA) is 257 Å².